The molecule has 4 nitrogen and oxygen atoms in total. The number of hydrogen-bond donors (Lipinski definition) is 0. The fourth-order valence-corrected chi connectivity index (χ4v) is 2.37. The first-order valence-electron chi connectivity index (χ1n) is 6.05. The number of aryl methyl sites for hydroxylation is 2. The van der Waals surface area contributed by atoms with E-state index in [4.69, 9.17) is 5.26 Å². The minimum atomic E-state index is -4.34. The Morgan fingerprint density at radius 2 is 2.00 bits per heavy atom. The minimum absolute atomic E-state index is 0.0222. The highest BCUT2D eigenvalue weighted by Gasteiger charge is 2.28. The molecule has 0 radical (unpaired) electrons. The van der Waals surface area contributed by atoms with Gasteiger partial charge >= 0.3 is 6.18 Å². The van der Waals surface area contributed by atoms with Crippen LogP contribution < -0.4 is 0 Å². The Morgan fingerprint density at radius 1 is 1.32 bits per heavy atom. The van der Waals surface area contributed by atoms with Crippen molar-refractivity contribution in [3.05, 3.63) is 34.9 Å². The summed E-state index contributed by atoms with van der Waals surface area (Å²) in [4.78, 5) is 3.87. The van der Waals surface area contributed by atoms with Crippen LogP contribution >= 0.6 is 11.8 Å². The Morgan fingerprint density at radius 3 is 2.59 bits per heavy atom. The van der Waals surface area contributed by atoms with Crippen LogP contribution in [-0.2, 0) is 0 Å². The molecule has 0 atom stereocenters. The van der Waals surface area contributed by atoms with Crippen LogP contribution in [-0.4, -0.2) is 26.7 Å². The van der Waals surface area contributed by atoms with Gasteiger partial charge in [0.05, 0.1) is 17.4 Å². The smallest absolute Gasteiger partial charge is 0.214 e. The average Bonchev–Trinajstić information content (AvgIpc) is 2.77. The van der Waals surface area contributed by atoms with Crippen molar-refractivity contribution in [2.24, 2.45) is 0 Å². The number of nitriles is 1. The first-order valence-corrected chi connectivity index (χ1v) is 7.03. The molecule has 0 aliphatic carbocycles. The Kier molecular flexibility index (Phi) is 4.42. The van der Waals surface area contributed by atoms with E-state index < -0.39 is 17.7 Å². The summed E-state index contributed by atoms with van der Waals surface area (Å²) >= 11 is 0.420. The number of hydrogen-bond acceptors (Lipinski definition) is 4. The quantitative estimate of drug-likeness (QED) is 0.638. The van der Waals surface area contributed by atoms with Crippen molar-refractivity contribution in [1.29, 1.82) is 5.26 Å². The van der Waals surface area contributed by atoms with Crippen molar-refractivity contribution in [1.82, 2.24) is 14.8 Å². The van der Waals surface area contributed by atoms with Crippen molar-refractivity contribution in [3.8, 4) is 11.8 Å². The molecular weight excluding hydrogens is 320 g/mol. The first kappa shape index (κ1) is 16.3. The van der Waals surface area contributed by atoms with Crippen molar-refractivity contribution in [2.75, 3.05) is 5.75 Å². The second kappa shape index (κ2) is 5.96. The van der Waals surface area contributed by atoms with Crippen molar-refractivity contribution < 1.29 is 17.6 Å². The number of benzene rings is 1. The molecule has 0 bridgehead atoms. The monoisotopic (exact) mass is 330 g/mol. The lowest BCUT2D eigenvalue weighted by Crippen LogP contribution is -2.10. The fourth-order valence-electron chi connectivity index (χ4n) is 1.75. The predicted molar refractivity (Wildman–Crippen MR) is 72.3 cm³/mol. The molecule has 0 fully saturated rings. The van der Waals surface area contributed by atoms with Gasteiger partial charge in [-0.2, -0.15) is 18.4 Å². The van der Waals surface area contributed by atoms with Crippen molar-refractivity contribution in [2.45, 2.75) is 25.2 Å². The molecule has 1 aromatic heterocycles. The lowest BCUT2D eigenvalue weighted by Gasteiger charge is -2.07. The second-order valence-electron chi connectivity index (χ2n) is 4.49. The molecule has 22 heavy (non-hydrogen) atoms. The van der Waals surface area contributed by atoms with Crippen LogP contribution in [0, 0.1) is 31.0 Å². The maximum Gasteiger partial charge on any atom is 0.398 e. The summed E-state index contributed by atoms with van der Waals surface area (Å²) < 4.78 is 51.7. The SMILES string of the molecule is Cc1cc(F)c(-n2nc(SCC(F)(F)F)nc2C)cc1C#N. The molecule has 1 aromatic carbocycles. The van der Waals surface area contributed by atoms with Crippen molar-refractivity contribution >= 4 is 11.8 Å². The van der Waals surface area contributed by atoms with Gasteiger partial charge in [-0.05, 0) is 31.5 Å². The van der Waals surface area contributed by atoms with Gasteiger partial charge in [0.15, 0.2) is 0 Å². The Hall–Kier alpha value is -2.08. The van der Waals surface area contributed by atoms with Crippen LogP contribution in [0.3, 0.4) is 0 Å². The van der Waals surface area contributed by atoms with E-state index >= 15 is 0 Å². The number of alkyl halides is 3. The van der Waals surface area contributed by atoms with Crippen LogP contribution in [0.15, 0.2) is 17.3 Å². The average molecular weight is 330 g/mol. The zero-order valence-corrected chi connectivity index (χ0v) is 12.4. The molecule has 9 heteroatoms. The Balaban J connectivity index is 2.38. The number of rotatable bonds is 3. The maximum absolute atomic E-state index is 14.0. The van der Waals surface area contributed by atoms with Crippen LogP contribution in [0.2, 0.25) is 0 Å². The molecule has 0 aliphatic rings. The Bertz CT molecular complexity index is 746. The molecule has 0 amide bonds. The van der Waals surface area contributed by atoms with E-state index in [0.29, 0.717) is 17.3 Å². The highest BCUT2D eigenvalue weighted by molar-refractivity contribution is 7.99. The molecule has 0 N–H and O–H groups in total. The summed E-state index contributed by atoms with van der Waals surface area (Å²) in [5, 5.41) is 12.7. The van der Waals surface area contributed by atoms with E-state index in [1.165, 1.54) is 19.1 Å². The molecule has 2 rings (SSSR count). The van der Waals surface area contributed by atoms with Gasteiger partial charge in [-0.3, -0.25) is 0 Å². The summed E-state index contributed by atoms with van der Waals surface area (Å²) in [6, 6.07) is 4.40. The lowest BCUT2D eigenvalue weighted by molar-refractivity contribution is -0.105. The Labute approximate surface area is 127 Å². The van der Waals surface area contributed by atoms with Gasteiger partial charge in [-0.25, -0.2) is 14.1 Å². The highest BCUT2D eigenvalue weighted by Crippen LogP contribution is 2.26. The van der Waals surface area contributed by atoms with E-state index in [0.717, 1.165) is 4.68 Å². The lowest BCUT2D eigenvalue weighted by atomic mass is 10.1. The zero-order chi connectivity index (χ0) is 16.5. The van der Waals surface area contributed by atoms with Crippen LogP contribution in [0.4, 0.5) is 17.6 Å². The summed E-state index contributed by atoms with van der Waals surface area (Å²) in [6.07, 6.45) is -4.34. The van der Waals surface area contributed by atoms with E-state index in [-0.39, 0.29) is 22.2 Å². The highest BCUT2D eigenvalue weighted by atomic mass is 32.2. The topological polar surface area (TPSA) is 54.5 Å². The normalized spacial score (nSPS) is 11.5. The molecule has 0 saturated carbocycles. The third kappa shape index (κ3) is 3.57. The van der Waals surface area contributed by atoms with Crippen LogP contribution in [0.5, 0.6) is 0 Å². The van der Waals surface area contributed by atoms with Crippen LogP contribution in [0.1, 0.15) is 17.0 Å². The van der Waals surface area contributed by atoms with Gasteiger partial charge in [-0.1, -0.05) is 11.8 Å². The first-order chi connectivity index (χ1) is 10.2. The standard InChI is InChI=1S/C13H10F4N4S/c1-7-3-10(14)11(4-9(7)5-18)21-8(2)19-12(20-21)22-6-13(15,16)17/h3-4H,6H2,1-2H3. The molecule has 1 heterocycles. The van der Waals surface area contributed by atoms with E-state index in [9.17, 15) is 17.6 Å². The third-order valence-electron chi connectivity index (χ3n) is 2.76. The zero-order valence-electron chi connectivity index (χ0n) is 11.6. The second-order valence-corrected chi connectivity index (χ2v) is 5.43. The molecule has 116 valence electrons. The largest absolute Gasteiger partial charge is 0.398 e. The molecule has 0 spiro atoms. The minimum Gasteiger partial charge on any atom is -0.214 e. The molecule has 0 unspecified atom stereocenters. The van der Waals surface area contributed by atoms with Gasteiger partial charge in [0.2, 0.25) is 5.16 Å². The molecular formula is C13H10F4N4S. The summed E-state index contributed by atoms with van der Waals surface area (Å²) in [5.41, 5.74) is 0.704. The van der Waals surface area contributed by atoms with Gasteiger partial charge in [-0.15, -0.1) is 5.10 Å². The maximum atomic E-state index is 14.0. The van der Waals surface area contributed by atoms with Crippen LogP contribution in [0.25, 0.3) is 5.69 Å². The molecule has 0 saturated heterocycles. The van der Waals surface area contributed by atoms with Crippen molar-refractivity contribution in [3.63, 3.8) is 0 Å². The van der Waals surface area contributed by atoms with E-state index in [2.05, 4.69) is 10.1 Å². The van der Waals surface area contributed by atoms with E-state index in [1.807, 2.05) is 6.07 Å². The van der Waals surface area contributed by atoms with Gasteiger partial charge in [0.1, 0.15) is 17.3 Å². The molecule has 2 aromatic rings. The molecule has 0 aliphatic heterocycles. The third-order valence-corrected chi connectivity index (χ3v) is 3.66. The van der Waals surface area contributed by atoms with Gasteiger partial charge < -0.3 is 0 Å². The summed E-state index contributed by atoms with van der Waals surface area (Å²) in [7, 11) is 0. The number of aromatic nitrogens is 3. The predicted octanol–water partition coefficient (Wildman–Crippen LogP) is 3.55. The summed E-state index contributed by atoms with van der Waals surface area (Å²) in [5.74, 6) is -1.52. The number of halogens is 4. The van der Waals surface area contributed by atoms with E-state index in [1.54, 1.807) is 6.92 Å². The number of nitrogens with zero attached hydrogens (tertiary/aromatic N) is 4. The number of thioether (sulfide) groups is 1. The summed E-state index contributed by atoms with van der Waals surface area (Å²) in [6.45, 7) is 3.08. The fraction of sp³-hybridized carbons (Fsp3) is 0.308. The van der Waals surface area contributed by atoms with Gasteiger partial charge in [0, 0.05) is 0 Å². The van der Waals surface area contributed by atoms with Gasteiger partial charge in [0.25, 0.3) is 0 Å².